The summed E-state index contributed by atoms with van der Waals surface area (Å²) < 4.78 is 42.9. The molecule has 0 bridgehead atoms. The maximum atomic E-state index is 13.9. The third kappa shape index (κ3) is 3.82. The summed E-state index contributed by atoms with van der Waals surface area (Å²) >= 11 is 5.99. The molecule has 0 amide bonds. The SMILES string of the molecule is Cc1cc(-n2c(=O)c(-c3ccc(F)c(Cl)c3)c(N3CC4(C3)CC(F)(F)C4)n(CC#N)c2=O)[nH]c(=O)c1. The zero-order chi connectivity index (χ0) is 26.0. The van der Waals surface area contributed by atoms with Crippen molar-refractivity contribution in [2.75, 3.05) is 18.0 Å². The smallest absolute Gasteiger partial charge is 0.339 e. The van der Waals surface area contributed by atoms with E-state index >= 15 is 0 Å². The maximum Gasteiger partial charge on any atom is 0.339 e. The second kappa shape index (κ2) is 8.13. The number of hydrogen-bond acceptors (Lipinski definition) is 5. The quantitative estimate of drug-likeness (QED) is 0.572. The van der Waals surface area contributed by atoms with Crippen LogP contribution in [0.1, 0.15) is 18.4 Å². The van der Waals surface area contributed by atoms with Crippen molar-refractivity contribution in [1.82, 2.24) is 14.1 Å². The van der Waals surface area contributed by atoms with Crippen LogP contribution in [0.25, 0.3) is 16.9 Å². The first-order valence-electron chi connectivity index (χ1n) is 11.0. The minimum absolute atomic E-state index is 0.0568. The molecule has 1 aliphatic heterocycles. The van der Waals surface area contributed by atoms with Crippen LogP contribution in [-0.2, 0) is 6.54 Å². The molecule has 1 N–H and O–H groups in total. The van der Waals surface area contributed by atoms with Crippen LogP contribution in [0.4, 0.5) is 19.0 Å². The second-order valence-corrected chi connectivity index (χ2v) is 9.87. The van der Waals surface area contributed by atoms with Crippen LogP contribution < -0.4 is 21.7 Å². The minimum atomic E-state index is -2.76. The summed E-state index contributed by atoms with van der Waals surface area (Å²) in [4.78, 5) is 43.5. The zero-order valence-corrected chi connectivity index (χ0v) is 19.7. The fourth-order valence-electron chi connectivity index (χ4n) is 5.26. The number of aromatic nitrogens is 3. The average Bonchev–Trinajstić information content (AvgIpc) is 2.73. The van der Waals surface area contributed by atoms with Gasteiger partial charge in [0.05, 0.1) is 16.7 Å². The fraction of sp³-hybridized carbons (Fsp3) is 0.333. The number of nitrogens with zero attached hydrogens (tertiary/aromatic N) is 4. The molecule has 0 radical (unpaired) electrons. The number of benzene rings is 1. The Morgan fingerprint density at radius 2 is 1.83 bits per heavy atom. The van der Waals surface area contributed by atoms with Crippen LogP contribution in [0.15, 0.2) is 44.7 Å². The number of anilines is 1. The molecule has 2 aliphatic rings. The number of rotatable bonds is 4. The van der Waals surface area contributed by atoms with Gasteiger partial charge in [0, 0.05) is 37.4 Å². The van der Waals surface area contributed by atoms with Crippen LogP contribution >= 0.6 is 11.6 Å². The van der Waals surface area contributed by atoms with E-state index in [2.05, 4.69) is 4.98 Å². The third-order valence-corrected chi connectivity index (χ3v) is 6.88. The Hall–Kier alpha value is -3.78. The fourth-order valence-corrected chi connectivity index (χ4v) is 5.45. The molecule has 2 aromatic heterocycles. The van der Waals surface area contributed by atoms with E-state index in [1.165, 1.54) is 24.3 Å². The molecule has 3 heterocycles. The summed E-state index contributed by atoms with van der Waals surface area (Å²) in [5.41, 5.74) is -2.35. The summed E-state index contributed by atoms with van der Waals surface area (Å²) in [6.07, 6.45) is -0.615. The van der Waals surface area contributed by atoms with Gasteiger partial charge in [0.25, 0.3) is 5.56 Å². The molecule has 1 saturated carbocycles. The number of aryl methyl sites for hydroxylation is 1. The number of hydrogen-bond donors (Lipinski definition) is 1. The van der Waals surface area contributed by atoms with Gasteiger partial charge in [-0.2, -0.15) is 5.26 Å². The number of nitriles is 1. The van der Waals surface area contributed by atoms with Gasteiger partial charge in [0.2, 0.25) is 11.5 Å². The molecular weight excluding hydrogens is 499 g/mol. The Labute approximate surface area is 206 Å². The van der Waals surface area contributed by atoms with E-state index in [-0.39, 0.29) is 53.7 Å². The first kappa shape index (κ1) is 23.9. The van der Waals surface area contributed by atoms with Gasteiger partial charge in [-0.15, -0.1) is 0 Å². The van der Waals surface area contributed by atoms with E-state index in [4.69, 9.17) is 11.6 Å². The minimum Gasteiger partial charge on any atom is -0.356 e. The van der Waals surface area contributed by atoms with Gasteiger partial charge in [-0.05, 0) is 36.2 Å². The highest BCUT2D eigenvalue weighted by Gasteiger charge is 2.62. The lowest BCUT2D eigenvalue weighted by molar-refractivity contribution is -0.170. The van der Waals surface area contributed by atoms with E-state index in [9.17, 15) is 32.8 Å². The molecule has 5 rings (SSSR count). The molecule has 8 nitrogen and oxygen atoms in total. The highest BCUT2D eigenvalue weighted by molar-refractivity contribution is 6.31. The highest BCUT2D eigenvalue weighted by atomic mass is 35.5. The normalized spacial score (nSPS) is 17.4. The van der Waals surface area contributed by atoms with Crippen molar-refractivity contribution in [3.63, 3.8) is 0 Å². The zero-order valence-electron chi connectivity index (χ0n) is 18.9. The number of H-pyrrole nitrogens is 1. The predicted molar refractivity (Wildman–Crippen MR) is 127 cm³/mol. The van der Waals surface area contributed by atoms with Crippen molar-refractivity contribution in [1.29, 1.82) is 5.26 Å². The summed E-state index contributed by atoms with van der Waals surface area (Å²) in [7, 11) is 0. The Morgan fingerprint density at radius 3 is 2.42 bits per heavy atom. The molecule has 1 spiro atoms. The first-order chi connectivity index (χ1) is 16.9. The predicted octanol–water partition coefficient (Wildman–Crippen LogP) is 3.21. The topological polar surface area (TPSA) is 104 Å². The molecular formula is C24H19ClF3N5O3. The van der Waals surface area contributed by atoms with Gasteiger partial charge in [0.15, 0.2) is 0 Å². The summed E-state index contributed by atoms with van der Waals surface area (Å²) in [6.45, 7) is 1.45. The molecule has 0 unspecified atom stereocenters. The Bertz CT molecular complexity index is 1620. The standard InChI is InChI=1S/C24H19ClF3N5O3/c1-13-6-17(30-18(34)7-13)33-21(35)19(14-2-3-16(26)15(25)8-14)20(32(5-4-29)22(33)36)31-11-23(12-31)9-24(27,28)10-23/h2-3,6-8H,5,9-12H2,1H3,(H,30,34). The van der Waals surface area contributed by atoms with Crippen molar-refractivity contribution >= 4 is 17.4 Å². The number of aromatic amines is 1. The van der Waals surface area contributed by atoms with Gasteiger partial charge in [-0.3, -0.25) is 14.2 Å². The first-order valence-corrected chi connectivity index (χ1v) is 11.4. The van der Waals surface area contributed by atoms with E-state index in [1.807, 2.05) is 6.07 Å². The number of pyridine rings is 1. The van der Waals surface area contributed by atoms with Crippen LogP contribution in [0.3, 0.4) is 0 Å². The molecule has 12 heteroatoms. The van der Waals surface area contributed by atoms with Crippen molar-refractivity contribution in [3.8, 4) is 23.0 Å². The van der Waals surface area contributed by atoms with Gasteiger partial charge in [-0.1, -0.05) is 17.7 Å². The monoisotopic (exact) mass is 517 g/mol. The lowest BCUT2D eigenvalue weighted by Crippen LogP contribution is -2.67. The molecule has 1 aromatic carbocycles. The Morgan fingerprint density at radius 1 is 1.14 bits per heavy atom. The highest BCUT2D eigenvalue weighted by Crippen LogP contribution is 2.57. The van der Waals surface area contributed by atoms with Crippen molar-refractivity contribution < 1.29 is 13.2 Å². The van der Waals surface area contributed by atoms with E-state index < -0.39 is 40.5 Å². The third-order valence-electron chi connectivity index (χ3n) is 6.59. The maximum absolute atomic E-state index is 13.9. The average molecular weight is 518 g/mol. The number of halogens is 4. The van der Waals surface area contributed by atoms with Crippen molar-refractivity contribution in [2.24, 2.45) is 5.41 Å². The summed E-state index contributed by atoms with van der Waals surface area (Å²) in [5.74, 6) is -3.54. The number of nitrogens with one attached hydrogen (secondary N) is 1. The van der Waals surface area contributed by atoms with Crippen molar-refractivity contribution in [3.05, 3.63) is 77.9 Å². The van der Waals surface area contributed by atoms with E-state index in [0.29, 0.717) is 5.56 Å². The van der Waals surface area contributed by atoms with Crippen LogP contribution in [0.2, 0.25) is 5.02 Å². The van der Waals surface area contributed by atoms with E-state index in [0.717, 1.165) is 15.2 Å². The van der Waals surface area contributed by atoms with Crippen molar-refractivity contribution in [2.45, 2.75) is 32.2 Å². The summed E-state index contributed by atoms with van der Waals surface area (Å²) in [5, 5.41) is 9.21. The lowest BCUT2D eigenvalue weighted by atomic mass is 9.61. The van der Waals surface area contributed by atoms with Crippen LogP contribution in [-0.4, -0.2) is 33.1 Å². The van der Waals surface area contributed by atoms with Gasteiger partial charge in [-0.25, -0.2) is 22.5 Å². The molecule has 2 fully saturated rings. The molecule has 0 atom stereocenters. The molecule has 36 heavy (non-hydrogen) atoms. The molecule has 1 aliphatic carbocycles. The van der Waals surface area contributed by atoms with Gasteiger partial charge in [0.1, 0.15) is 24.0 Å². The largest absolute Gasteiger partial charge is 0.356 e. The van der Waals surface area contributed by atoms with Crippen LogP contribution in [0, 0.1) is 29.5 Å². The van der Waals surface area contributed by atoms with E-state index in [1.54, 1.807) is 11.8 Å². The van der Waals surface area contributed by atoms with Crippen LogP contribution in [0.5, 0.6) is 0 Å². The summed E-state index contributed by atoms with van der Waals surface area (Å²) in [6, 6.07) is 8.18. The molecule has 3 aromatic rings. The second-order valence-electron chi connectivity index (χ2n) is 9.47. The lowest BCUT2D eigenvalue weighted by Gasteiger charge is -2.59. The molecule has 1 saturated heterocycles. The van der Waals surface area contributed by atoms with Gasteiger partial charge >= 0.3 is 5.69 Å². The Balaban J connectivity index is 1.79. The number of alkyl halides is 2. The molecule has 186 valence electrons. The Kier molecular flexibility index (Phi) is 5.41. The van der Waals surface area contributed by atoms with Gasteiger partial charge < -0.3 is 9.88 Å².